The van der Waals surface area contributed by atoms with Crippen LogP contribution in [0.2, 0.25) is 10.0 Å². The third-order valence-electron chi connectivity index (χ3n) is 4.46. The average Bonchev–Trinajstić information content (AvgIpc) is 2.79. The van der Waals surface area contributed by atoms with E-state index < -0.39 is 5.91 Å². The smallest absolute Gasteiger partial charge is 0.266 e. The van der Waals surface area contributed by atoms with Crippen LogP contribution in [0.15, 0.2) is 70.7 Å². The maximum Gasteiger partial charge on any atom is 0.266 e. The average molecular weight is 546 g/mol. The highest BCUT2D eigenvalue weighted by Crippen LogP contribution is 2.38. The van der Waals surface area contributed by atoms with Crippen LogP contribution in [0.5, 0.6) is 11.5 Å². The second-order valence-electron chi connectivity index (χ2n) is 6.75. The fraction of sp³-hybridized carbons (Fsp3) is 0.120. The highest BCUT2D eigenvalue weighted by molar-refractivity contribution is 9.10. The molecule has 0 atom stereocenters. The van der Waals surface area contributed by atoms with Gasteiger partial charge in [0.15, 0.2) is 11.5 Å². The normalized spacial score (nSPS) is 10.9. The lowest BCUT2D eigenvalue weighted by Gasteiger charge is -2.15. The molecule has 0 radical (unpaired) electrons. The highest BCUT2D eigenvalue weighted by atomic mass is 79.9. The number of carbonyl (C=O) groups excluding carboxylic acids is 1. The van der Waals surface area contributed by atoms with E-state index in [1.165, 1.54) is 6.08 Å². The zero-order chi connectivity index (χ0) is 23.8. The lowest BCUT2D eigenvalue weighted by Crippen LogP contribution is -2.13. The Hall–Kier alpha value is -2.98. The van der Waals surface area contributed by atoms with Crippen molar-refractivity contribution in [2.24, 2.45) is 0 Å². The molecule has 0 aliphatic rings. The fourth-order valence-electron chi connectivity index (χ4n) is 2.91. The van der Waals surface area contributed by atoms with Gasteiger partial charge in [-0.25, -0.2) is 0 Å². The molecule has 1 amide bonds. The number of hydrogen-bond donors (Lipinski definition) is 1. The topological polar surface area (TPSA) is 71.3 Å². The summed E-state index contributed by atoms with van der Waals surface area (Å²) in [4.78, 5) is 12.6. The van der Waals surface area contributed by atoms with Gasteiger partial charge in [0.05, 0.1) is 21.8 Å². The van der Waals surface area contributed by atoms with E-state index in [0.717, 1.165) is 5.56 Å². The second kappa shape index (κ2) is 11.8. The van der Waals surface area contributed by atoms with Crippen LogP contribution in [-0.2, 0) is 11.4 Å². The first-order valence-electron chi connectivity index (χ1n) is 9.93. The van der Waals surface area contributed by atoms with Crippen molar-refractivity contribution in [1.82, 2.24) is 0 Å². The van der Waals surface area contributed by atoms with E-state index in [0.29, 0.717) is 43.9 Å². The van der Waals surface area contributed by atoms with Gasteiger partial charge >= 0.3 is 0 Å². The third kappa shape index (κ3) is 6.52. The molecule has 168 valence electrons. The molecule has 0 fully saturated rings. The molecular weight excluding hydrogens is 527 g/mol. The number of nitrogens with one attached hydrogen (secondary N) is 1. The predicted molar refractivity (Wildman–Crippen MR) is 135 cm³/mol. The van der Waals surface area contributed by atoms with Crippen LogP contribution in [0.4, 0.5) is 5.69 Å². The Balaban J connectivity index is 1.87. The lowest BCUT2D eigenvalue weighted by atomic mass is 10.1. The van der Waals surface area contributed by atoms with Crippen molar-refractivity contribution in [3.8, 4) is 17.6 Å². The molecule has 1 N–H and O–H groups in total. The molecule has 0 bridgehead atoms. The Morgan fingerprint density at radius 3 is 2.45 bits per heavy atom. The molecule has 0 saturated heterocycles. The number of halogens is 3. The van der Waals surface area contributed by atoms with Crippen molar-refractivity contribution < 1.29 is 14.3 Å². The van der Waals surface area contributed by atoms with Crippen LogP contribution in [0.1, 0.15) is 18.1 Å². The van der Waals surface area contributed by atoms with Crippen LogP contribution < -0.4 is 14.8 Å². The van der Waals surface area contributed by atoms with Gasteiger partial charge in [-0.3, -0.25) is 4.79 Å². The monoisotopic (exact) mass is 544 g/mol. The maximum absolute atomic E-state index is 12.6. The fourth-order valence-corrected chi connectivity index (χ4v) is 3.85. The Kier molecular flexibility index (Phi) is 8.79. The molecule has 0 unspecified atom stereocenters. The quantitative estimate of drug-likeness (QED) is 0.238. The Morgan fingerprint density at radius 2 is 1.79 bits per heavy atom. The number of para-hydroxylation sites is 1. The summed E-state index contributed by atoms with van der Waals surface area (Å²) in [6.45, 7) is 2.50. The lowest BCUT2D eigenvalue weighted by molar-refractivity contribution is -0.112. The summed E-state index contributed by atoms with van der Waals surface area (Å²) < 4.78 is 12.3. The summed E-state index contributed by atoms with van der Waals surface area (Å²) in [6, 6.07) is 19.6. The minimum atomic E-state index is -0.571. The summed E-state index contributed by atoms with van der Waals surface area (Å²) in [5.41, 5.74) is 1.75. The molecule has 0 aliphatic heterocycles. The zero-order valence-electron chi connectivity index (χ0n) is 17.6. The van der Waals surface area contributed by atoms with E-state index in [4.69, 9.17) is 32.7 Å². The SMILES string of the molecule is CCOc1cc(/C=C(/C#N)C(=O)Nc2ccccc2Cl)cc(Br)c1OCc1ccccc1Cl. The number of nitrogens with zero attached hydrogens (tertiary/aromatic N) is 1. The number of nitriles is 1. The van der Waals surface area contributed by atoms with E-state index in [9.17, 15) is 10.1 Å². The van der Waals surface area contributed by atoms with Crippen molar-refractivity contribution >= 4 is 56.8 Å². The Morgan fingerprint density at radius 1 is 1.09 bits per heavy atom. The van der Waals surface area contributed by atoms with Crippen LogP contribution in [-0.4, -0.2) is 12.5 Å². The molecule has 3 aromatic rings. The number of ether oxygens (including phenoxy) is 2. The number of benzene rings is 3. The second-order valence-corrected chi connectivity index (χ2v) is 8.42. The van der Waals surface area contributed by atoms with Crippen LogP contribution >= 0.6 is 39.1 Å². The van der Waals surface area contributed by atoms with Gasteiger partial charge < -0.3 is 14.8 Å². The molecular formula is C25H19BrCl2N2O3. The molecule has 8 heteroatoms. The summed E-state index contributed by atoms with van der Waals surface area (Å²) in [5, 5.41) is 13.2. The van der Waals surface area contributed by atoms with E-state index >= 15 is 0 Å². The van der Waals surface area contributed by atoms with Gasteiger partial charge in [-0.15, -0.1) is 0 Å². The van der Waals surface area contributed by atoms with Gasteiger partial charge in [0.25, 0.3) is 5.91 Å². The molecule has 3 rings (SSSR count). The van der Waals surface area contributed by atoms with Gasteiger partial charge in [-0.2, -0.15) is 5.26 Å². The first-order valence-corrected chi connectivity index (χ1v) is 11.5. The van der Waals surface area contributed by atoms with Crippen molar-refractivity contribution in [3.05, 3.63) is 91.9 Å². The number of amides is 1. The molecule has 0 spiro atoms. The first-order chi connectivity index (χ1) is 15.9. The van der Waals surface area contributed by atoms with Gasteiger partial charge in [-0.05, 0) is 64.8 Å². The van der Waals surface area contributed by atoms with Gasteiger partial charge in [0.1, 0.15) is 18.2 Å². The number of carbonyl (C=O) groups is 1. The van der Waals surface area contributed by atoms with E-state index in [-0.39, 0.29) is 12.2 Å². The predicted octanol–water partition coefficient (Wildman–Crippen LogP) is 7.28. The molecule has 0 heterocycles. The van der Waals surface area contributed by atoms with Crippen molar-refractivity contribution in [2.75, 3.05) is 11.9 Å². The Bertz CT molecular complexity index is 1240. The van der Waals surface area contributed by atoms with Gasteiger partial charge in [-0.1, -0.05) is 53.5 Å². The highest BCUT2D eigenvalue weighted by Gasteiger charge is 2.15. The molecule has 0 aromatic heterocycles. The van der Waals surface area contributed by atoms with Crippen molar-refractivity contribution in [2.45, 2.75) is 13.5 Å². The standard InChI is InChI=1S/C25H19BrCl2N2O3/c1-2-32-23-13-16(11-18(14-29)25(31)30-22-10-6-5-9-21(22)28)12-19(26)24(23)33-15-17-7-3-4-8-20(17)27/h3-13H,2,15H2,1H3,(H,30,31)/b18-11-. The molecule has 0 saturated carbocycles. The summed E-state index contributed by atoms with van der Waals surface area (Å²) in [5.74, 6) is 0.389. The molecule has 5 nitrogen and oxygen atoms in total. The third-order valence-corrected chi connectivity index (χ3v) is 5.75. The minimum absolute atomic E-state index is 0.0889. The van der Waals surface area contributed by atoms with Crippen molar-refractivity contribution in [1.29, 1.82) is 5.26 Å². The number of hydrogen-bond acceptors (Lipinski definition) is 4. The van der Waals surface area contributed by atoms with Crippen LogP contribution in [0, 0.1) is 11.3 Å². The largest absolute Gasteiger partial charge is 0.490 e. The van der Waals surface area contributed by atoms with Gasteiger partial charge in [0.2, 0.25) is 0 Å². The molecule has 3 aromatic carbocycles. The zero-order valence-corrected chi connectivity index (χ0v) is 20.7. The summed E-state index contributed by atoms with van der Waals surface area (Å²) >= 11 is 15.8. The summed E-state index contributed by atoms with van der Waals surface area (Å²) in [6.07, 6.45) is 1.47. The van der Waals surface area contributed by atoms with E-state index in [1.54, 1.807) is 42.5 Å². The molecule has 33 heavy (non-hydrogen) atoms. The Labute approximate surface area is 210 Å². The maximum atomic E-state index is 12.6. The number of anilines is 1. The van der Waals surface area contributed by atoms with Crippen LogP contribution in [0.3, 0.4) is 0 Å². The van der Waals surface area contributed by atoms with Crippen molar-refractivity contribution in [3.63, 3.8) is 0 Å². The number of rotatable bonds is 8. The minimum Gasteiger partial charge on any atom is -0.490 e. The van der Waals surface area contributed by atoms with E-state index in [2.05, 4.69) is 21.2 Å². The van der Waals surface area contributed by atoms with Gasteiger partial charge in [0, 0.05) is 10.6 Å². The summed E-state index contributed by atoms with van der Waals surface area (Å²) in [7, 11) is 0. The van der Waals surface area contributed by atoms with Crippen LogP contribution in [0.25, 0.3) is 6.08 Å². The first kappa shape index (κ1) is 24.7. The van der Waals surface area contributed by atoms with E-state index in [1.807, 2.05) is 31.2 Å². The molecule has 0 aliphatic carbocycles.